The number of rotatable bonds is 6. The van der Waals surface area contributed by atoms with E-state index in [1.807, 2.05) is 0 Å². The van der Waals surface area contributed by atoms with Crippen molar-refractivity contribution in [1.29, 1.82) is 0 Å². The van der Waals surface area contributed by atoms with Crippen LogP contribution in [0.5, 0.6) is 0 Å². The first-order chi connectivity index (χ1) is 13.3. The summed E-state index contributed by atoms with van der Waals surface area (Å²) in [5.74, 6) is -0.943. The quantitative estimate of drug-likeness (QED) is 0.381. The minimum atomic E-state index is -0.829. The third-order valence-corrected chi connectivity index (χ3v) is 4.96. The van der Waals surface area contributed by atoms with Gasteiger partial charge in [0, 0.05) is 39.8 Å². The van der Waals surface area contributed by atoms with Crippen LogP contribution < -0.4 is 16.4 Å². The Balaban J connectivity index is 1.96. The van der Waals surface area contributed by atoms with Crippen molar-refractivity contribution in [2.45, 2.75) is 18.9 Å². The van der Waals surface area contributed by atoms with Gasteiger partial charge in [0.25, 0.3) is 0 Å². The van der Waals surface area contributed by atoms with E-state index in [4.69, 9.17) is 5.73 Å². The zero-order valence-corrected chi connectivity index (χ0v) is 16.3. The van der Waals surface area contributed by atoms with Crippen LogP contribution in [-0.4, -0.2) is 91.6 Å². The smallest absolute Gasteiger partial charge is 0.409 e. The molecule has 0 radical (unpaired) electrons. The molecule has 0 spiro atoms. The number of piperazine rings is 1. The first-order valence-corrected chi connectivity index (χ1v) is 9.16. The van der Waals surface area contributed by atoms with E-state index in [0.717, 1.165) is 4.90 Å². The maximum Gasteiger partial charge on any atom is 0.409 e. The Labute approximate surface area is 163 Å². The van der Waals surface area contributed by atoms with Crippen LogP contribution in [0.15, 0.2) is 12.4 Å². The number of hydrogen-bond acceptors (Lipinski definition) is 7. The van der Waals surface area contributed by atoms with Gasteiger partial charge in [-0.05, 0) is 12.8 Å². The molecule has 5 amide bonds. The van der Waals surface area contributed by atoms with Gasteiger partial charge in [-0.25, -0.2) is 9.59 Å². The summed E-state index contributed by atoms with van der Waals surface area (Å²) in [5, 5.41) is 5.39. The summed E-state index contributed by atoms with van der Waals surface area (Å²) >= 11 is 0. The predicted octanol–water partition coefficient (Wildman–Crippen LogP) is -1.14. The van der Waals surface area contributed by atoms with E-state index in [1.165, 1.54) is 24.0 Å². The molecule has 0 aromatic rings. The number of nitrogens with one attached hydrogen (secondary N) is 2. The molecule has 2 fully saturated rings. The number of nitrogens with zero attached hydrogens (tertiary/aromatic N) is 3. The molecule has 2 rings (SSSR count). The van der Waals surface area contributed by atoms with Crippen molar-refractivity contribution >= 4 is 23.9 Å². The number of hydrogen-bond donors (Lipinski definition) is 3. The minimum Gasteiger partial charge on any atom is -0.453 e. The summed E-state index contributed by atoms with van der Waals surface area (Å²) in [4.78, 5) is 53.2. The van der Waals surface area contributed by atoms with Crippen LogP contribution in [0.25, 0.3) is 0 Å². The number of imide groups is 1. The molecule has 0 bridgehead atoms. The Morgan fingerprint density at radius 1 is 1.21 bits per heavy atom. The van der Waals surface area contributed by atoms with E-state index in [9.17, 15) is 19.2 Å². The van der Waals surface area contributed by atoms with Gasteiger partial charge in [-0.15, -0.1) is 0 Å². The molecule has 156 valence electrons. The normalized spacial score (nSPS) is 21.6. The van der Waals surface area contributed by atoms with E-state index in [2.05, 4.69) is 21.9 Å². The standard InChI is InChI=1S/C17H28N6O5/c1-11(18)20-6-4-5-12-13(14(24)19-2)23(15(12)25)16(26)21-7-9-22(10-8-21)17(27)28-3/h12-13,20H,1,4-10,18H2,2-3H3,(H,19,24). The van der Waals surface area contributed by atoms with Gasteiger partial charge in [0.2, 0.25) is 11.8 Å². The van der Waals surface area contributed by atoms with Gasteiger partial charge in [-0.1, -0.05) is 6.58 Å². The fraction of sp³-hybridized carbons (Fsp3) is 0.647. The van der Waals surface area contributed by atoms with Crippen LogP contribution in [-0.2, 0) is 14.3 Å². The van der Waals surface area contributed by atoms with Gasteiger partial charge in [-0.3, -0.25) is 14.5 Å². The minimum absolute atomic E-state index is 0.269. The highest BCUT2D eigenvalue weighted by Gasteiger charge is 2.54. The zero-order valence-electron chi connectivity index (χ0n) is 16.3. The number of likely N-dealkylation sites (tertiary alicyclic amines) is 1. The molecule has 2 heterocycles. The van der Waals surface area contributed by atoms with E-state index < -0.39 is 24.1 Å². The van der Waals surface area contributed by atoms with Crippen LogP contribution in [0.4, 0.5) is 9.59 Å². The molecule has 0 aliphatic carbocycles. The molecular weight excluding hydrogens is 368 g/mol. The van der Waals surface area contributed by atoms with Crippen molar-refractivity contribution in [3.05, 3.63) is 12.4 Å². The van der Waals surface area contributed by atoms with Gasteiger partial charge in [-0.2, -0.15) is 0 Å². The lowest BCUT2D eigenvalue weighted by Crippen LogP contribution is -2.70. The Kier molecular flexibility index (Phi) is 7.07. The zero-order chi connectivity index (χ0) is 20.8. The van der Waals surface area contributed by atoms with Crippen LogP contribution in [0.2, 0.25) is 0 Å². The first-order valence-electron chi connectivity index (χ1n) is 9.16. The van der Waals surface area contributed by atoms with Gasteiger partial charge in [0.05, 0.1) is 18.8 Å². The third kappa shape index (κ3) is 4.46. The van der Waals surface area contributed by atoms with Crippen LogP contribution in [0.1, 0.15) is 12.8 Å². The van der Waals surface area contributed by atoms with Crippen LogP contribution in [0.3, 0.4) is 0 Å². The van der Waals surface area contributed by atoms with E-state index in [-0.39, 0.29) is 24.9 Å². The molecular formula is C17H28N6O5. The topological polar surface area (TPSA) is 137 Å². The lowest BCUT2D eigenvalue weighted by atomic mass is 9.83. The number of nitrogens with two attached hydrogens (primary N) is 1. The van der Waals surface area contributed by atoms with E-state index >= 15 is 0 Å². The average molecular weight is 396 g/mol. The van der Waals surface area contributed by atoms with Crippen molar-refractivity contribution in [1.82, 2.24) is 25.3 Å². The second-order valence-corrected chi connectivity index (χ2v) is 6.69. The van der Waals surface area contributed by atoms with Crippen LogP contribution >= 0.6 is 0 Å². The SMILES string of the molecule is C=C(N)NCCCC1C(=O)N(C(=O)N2CCN(C(=O)OC)CC2)C1C(=O)NC. The molecule has 0 aromatic carbocycles. The number of likely N-dealkylation sites (N-methyl/N-ethyl adjacent to an activating group) is 1. The van der Waals surface area contributed by atoms with Gasteiger partial charge < -0.3 is 30.9 Å². The molecule has 0 saturated carbocycles. The Morgan fingerprint density at radius 2 is 1.82 bits per heavy atom. The van der Waals surface area contributed by atoms with Crippen molar-refractivity contribution in [2.24, 2.45) is 11.7 Å². The number of amides is 5. The first kappa shape index (κ1) is 21.3. The predicted molar refractivity (Wildman–Crippen MR) is 99.7 cm³/mol. The summed E-state index contributed by atoms with van der Waals surface area (Å²) in [7, 11) is 2.77. The highest BCUT2D eigenvalue weighted by Crippen LogP contribution is 2.32. The number of carbonyl (C=O) groups excluding carboxylic acids is 4. The maximum atomic E-state index is 12.8. The number of urea groups is 1. The van der Waals surface area contributed by atoms with Crippen molar-refractivity contribution in [2.75, 3.05) is 46.9 Å². The third-order valence-electron chi connectivity index (χ3n) is 4.96. The molecule has 11 heteroatoms. The summed E-state index contributed by atoms with van der Waals surface area (Å²) in [5.41, 5.74) is 5.43. The number of ether oxygens (including phenoxy) is 1. The molecule has 0 aromatic heterocycles. The summed E-state index contributed by atoms with van der Waals surface area (Å²) < 4.78 is 4.67. The van der Waals surface area contributed by atoms with Crippen LogP contribution in [0, 0.1) is 5.92 Å². The van der Waals surface area contributed by atoms with Crippen molar-refractivity contribution in [3.8, 4) is 0 Å². The van der Waals surface area contributed by atoms with Crippen molar-refractivity contribution < 1.29 is 23.9 Å². The van der Waals surface area contributed by atoms with Crippen molar-refractivity contribution in [3.63, 3.8) is 0 Å². The molecule has 2 saturated heterocycles. The molecule has 4 N–H and O–H groups in total. The van der Waals surface area contributed by atoms with E-state index in [1.54, 1.807) is 0 Å². The Hall–Kier alpha value is -2.98. The second kappa shape index (κ2) is 9.29. The highest BCUT2D eigenvalue weighted by molar-refractivity contribution is 6.08. The number of methoxy groups -OCH3 is 1. The van der Waals surface area contributed by atoms with E-state index in [0.29, 0.717) is 38.3 Å². The fourth-order valence-electron chi connectivity index (χ4n) is 3.42. The molecule has 2 atom stereocenters. The number of β-lactam (4-membered cyclic amide) rings is 1. The number of carbonyl (C=O) groups is 4. The highest BCUT2D eigenvalue weighted by atomic mass is 16.5. The van der Waals surface area contributed by atoms with Gasteiger partial charge in [0.1, 0.15) is 6.04 Å². The Bertz CT molecular complexity index is 646. The molecule has 11 nitrogen and oxygen atoms in total. The molecule has 2 aliphatic heterocycles. The lowest BCUT2D eigenvalue weighted by Gasteiger charge is -2.47. The maximum absolute atomic E-state index is 12.8. The fourth-order valence-corrected chi connectivity index (χ4v) is 3.42. The summed E-state index contributed by atoms with van der Waals surface area (Å²) in [6.07, 6.45) is 0.612. The largest absolute Gasteiger partial charge is 0.453 e. The Morgan fingerprint density at radius 3 is 2.36 bits per heavy atom. The summed E-state index contributed by atoms with van der Waals surface area (Å²) in [6, 6.07) is -1.34. The monoisotopic (exact) mass is 396 g/mol. The summed E-state index contributed by atoms with van der Waals surface area (Å²) in [6.45, 7) is 5.22. The van der Waals surface area contributed by atoms with Gasteiger partial charge >= 0.3 is 12.1 Å². The lowest BCUT2D eigenvalue weighted by molar-refractivity contribution is -0.158. The van der Waals surface area contributed by atoms with Gasteiger partial charge in [0.15, 0.2) is 0 Å². The molecule has 2 aliphatic rings. The molecule has 28 heavy (non-hydrogen) atoms. The molecule has 2 unspecified atom stereocenters. The second-order valence-electron chi connectivity index (χ2n) is 6.69. The average Bonchev–Trinajstić information content (AvgIpc) is 2.69.